The normalized spacial score (nSPS) is 9.38. The largest absolute Gasteiger partial charge is 0.508 e. The van der Waals surface area contributed by atoms with Crippen LogP contribution in [0.5, 0.6) is 5.75 Å². The Labute approximate surface area is 167 Å². The van der Waals surface area contributed by atoms with E-state index in [4.69, 9.17) is 5.11 Å². The summed E-state index contributed by atoms with van der Waals surface area (Å²) in [4.78, 5) is 8.66. The molecule has 0 amide bonds. The molecule has 2 heterocycles. The van der Waals surface area contributed by atoms with Gasteiger partial charge in [0, 0.05) is 44.8 Å². The van der Waals surface area contributed by atoms with Crippen molar-refractivity contribution in [3.8, 4) is 28.3 Å². The topological polar surface area (TPSA) is 46.0 Å². The van der Waals surface area contributed by atoms with Crippen molar-refractivity contribution in [3.05, 3.63) is 103 Å². The summed E-state index contributed by atoms with van der Waals surface area (Å²) in [5.41, 5.74) is 3.82. The molecule has 0 bridgehead atoms. The number of benzene rings is 2. The van der Waals surface area contributed by atoms with Crippen molar-refractivity contribution in [3.63, 3.8) is 0 Å². The summed E-state index contributed by atoms with van der Waals surface area (Å²) in [7, 11) is 0. The Morgan fingerprint density at radius 3 is 1.46 bits per heavy atom. The SMILES string of the molecule is Oc1ccccc1.[Pt].[c-]1c(-c2ccccn2)cccc1-c1ccccn1. The molecule has 2 aromatic carbocycles. The van der Waals surface area contributed by atoms with E-state index < -0.39 is 0 Å². The van der Waals surface area contributed by atoms with Crippen LogP contribution in [0.25, 0.3) is 22.5 Å². The fourth-order valence-corrected chi connectivity index (χ4v) is 2.24. The van der Waals surface area contributed by atoms with E-state index in [1.807, 2.05) is 60.7 Å². The van der Waals surface area contributed by atoms with Crippen LogP contribution in [0.1, 0.15) is 0 Å². The Balaban J connectivity index is 0.000000258. The zero-order chi connectivity index (χ0) is 17.3. The van der Waals surface area contributed by atoms with Crippen LogP contribution in [0.2, 0.25) is 0 Å². The van der Waals surface area contributed by atoms with E-state index in [0.717, 1.165) is 22.5 Å². The van der Waals surface area contributed by atoms with Gasteiger partial charge >= 0.3 is 0 Å². The van der Waals surface area contributed by atoms with Gasteiger partial charge in [-0.05, 0) is 24.3 Å². The number of aromatic nitrogens is 2. The second kappa shape index (κ2) is 10.3. The van der Waals surface area contributed by atoms with Gasteiger partial charge in [0.15, 0.2) is 0 Å². The molecule has 0 aliphatic carbocycles. The molecule has 26 heavy (non-hydrogen) atoms. The average Bonchev–Trinajstić information content (AvgIpc) is 2.71. The van der Waals surface area contributed by atoms with Crippen LogP contribution in [-0.4, -0.2) is 15.1 Å². The second-order valence-electron chi connectivity index (χ2n) is 5.24. The third-order valence-electron chi connectivity index (χ3n) is 3.43. The molecule has 2 aromatic heterocycles. The monoisotopic (exact) mass is 520 g/mol. The molecular formula is C22H17N2OPt-. The van der Waals surface area contributed by atoms with Crippen molar-refractivity contribution in [1.29, 1.82) is 0 Å². The van der Waals surface area contributed by atoms with Gasteiger partial charge in [0.1, 0.15) is 5.75 Å². The van der Waals surface area contributed by atoms with E-state index in [1.54, 1.807) is 36.7 Å². The van der Waals surface area contributed by atoms with Gasteiger partial charge in [0.2, 0.25) is 0 Å². The van der Waals surface area contributed by atoms with Gasteiger partial charge in [-0.1, -0.05) is 53.6 Å². The minimum atomic E-state index is 0. The third-order valence-corrected chi connectivity index (χ3v) is 3.43. The van der Waals surface area contributed by atoms with E-state index in [-0.39, 0.29) is 21.1 Å². The van der Waals surface area contributed by atoms with Crippen LogP contribution < -0.4 is 0 Å². The number of phenols is 1. The average molecular weight is 520 g/mol. The Bertz CT molecular complexity index is 846. The van der Waals surface area contributed by atoms with E-state index in [0.29, 0.717) is 5.75 Å². The van der Waals surface area contributed by atoms with Crippen molar-refractivity contribution in [2.24, 2.45) is 0 Å². The summed E-state index contributed by atoms with van der Waals surface area (Å²) in [5.74, 6) is 0.322. The maximum Gasteiger partial charge on any atom is 0.115 e. The van der Waals surface area contributed by atoms with Crippen molar-refractivity contribution < 1.29 is 26.2 Å². The first-order chi connectivity index (χ1) is 12.3. The van der Waals surface area contributed by atoms with Crippen LogP contribution in [0, 0.1) is 6.07 Å². The van der Waals surface area contributed by atoms with Crippen LogP contribution in [-0.2, 0) is 21.1 Å². The first-order valence-corrected chi connectivity index (χ1v) is 7.92. The second-order valence-corrected chi connectivity index (χ2v) is 5.24. The molecular weight excluding hydrogens is 503 g/mol. The maximum absolute atomic E-state index is 8.63. The number of pyridine rings is 2. The molecule has 0 spiro atoms. The molecule has 0 saturated heterocycles. The minimum absolute atomic E-state index is 0. The molecule has 4 rings (SSSR count). The zero-order valence-electron chi connectivity index (χ0n) is 13.9. The van der Waals surface area contributed by atoms with Gasteiger partial charge in [-0.25, -0.2) is 0 Å². The number of phenolic OH excluding ortho intramolecular Hbond substituents is 1. The van der Waals surface area contributed by atoms with Crippen molar-refractivity contribution in [1.82, 2.24) is 9.97 Å². The van der Waals surface area contributed by atoms with Crippen LogP contribution in [0.15, 0.2) is 97.3 Å². The molecule has 0 saturated carbocycles. The van der Waals surface area contributed by atoms with Gasteiger partial charge in [0.05, 0.1) is 0 Å². The third kappa shape index (κ3) is 5.64. The van der Waals surface area contributed by atoms with E-state index in [2.05, 4.69) is 16.0 Å². The molecule has 0 radical (unpaired) electrons. The standard InChI is InChI=1S/C16H11N2.C6H6O.Pt/c1-3-10-17-15(8-1)13-6-5-7-14(12-13)16-9-2-4-11-18-16;7-6-4-2-1-3-5-6;/h1-11H;1-5,7H;/q-1;;. The fraction of sp³-hybridized carbons (Fsp3) is 0. The van der Waals surface area contributed by atoms with Gasteiger partial charge < -0.3 is 5.11 Å². The summed E-state index contributed by atoms with van der Waals surface area (Å²) in [6, 6.07) is 29.8. The molecule has 0 unspecified atom stereocenters. The predicted molar refractivity (Wildman–Crippen MR) is 99.8 cm³/mol. The molecule has 0 atom stereocenters. The van der Waals surface area contributed by atoms with Crippen molar-refractivity contribution in [2.45, 2.75) is 0 Å². The summed E-state index contributed by atoms with van der Waals surface area (Å²) in [6.07, 6.45) is 3.58. The maximum atomic E-state index is 8.63. The molecule has 0 fully saturated rings. The van der Waals surface area contributed by atoms with Gasteiger partial charge in [-0.3, -0.25) is 9.97 Å². The number of nitrogens with zero attached hydrogens (tertiary/aromatic N) is 2. The molecule has 0 aliphatic rings. The first-order valence-electron chi connectivity index (χ1n) is 7.92. The van der Waals surface area contributed by atoms with E-state index >= 15 is 0 Å². The Morgan fingerprint density at radius 1 is 0.577 bits per heavy atom. The Morgan fingerprint density at radius 2 is 1.08 bits per heavy atom. The zero-order valence-corrected chi connectivity index (χ0v) is 16.2. The quantitative estimate of drug-likeness (QED) is 0.379. The number of aromatic hydroxyl groups is 1. The van der Waals surface area contributed by atoms with Crippen molar-refractivity contribution in [2.75, 3.05) is 0 Å². The number of para-hydroxylation sites is 1. The number of rotatable bonds is 2. The van der Waals surface area contributed by atoms with Crippen molar-refractivity contribution >= 4 is 0 Å². The van der Waals surface area contributed by atoms with Gasteiger partial charge in [-0.2, -0.15) is 0 Å². The first kappa shape index (κ1) is 19.6. The number of hydrogen-bond donors (Lipinski definition) is 1. The fourth-order valence-electron chi connectivity index (χ4n) is 2.24. The smallest absolute Gasteiger partial charge is 0.115 e. The molecule has 132 valence electrons. The van der Waals surface area contributed by atoms with Gasteiger partial charge in [-0.15, -0.1) is 24.3 Å². The molecule has 1 N–H and O–H groups in total. The van der Waals surface area contributed by atoms with Crippen LogP contribution in [0.3, 0.4) is 0 Å². The molecule has 3 nitrogen and oxygen atoms in total. The Hall–Kier alpha value is -2.77. The van der Waals surface area contributed by atoms with Gasteiger partial charge in [0.25, 0.3) is 0 Å². The minimum Gasteiger partial charge on any atom is -0.508 e. The van der Waals surface area contributed by atoms with Crippen LogP contribution >= 0.6 is 0 Å². The van der Waals surface area contributed by atoms with Crippen LogP contribution in [0.4, 0.5) is 0 Å². The predicted octanol–water partition coefficient (Wildman–Crippen LogP) is 5.00. The molecule has 4 heteroatoms. The summed E-state index contributed by atoms with van der Waals surface area (Å²) < 4.78 is 0. The van der Waals surface area contributed by atoms with E-state index in [1.165, 1.54) is 0 Å². The number of hydrogen-bond acceptors (Lipinski definition) is 3. The Kier molecular flexibility index (Phi) is 7.72. The van der Waals surface area contributed by atoms with E-state index in [9.17, 15) is 0 Å². The molecule has 4 aromatic rings. The molecule has 0 aliphatic heterocycles. The summed E-state index contributed by atoms with van der Waals surface area (Å²) >= 11 is 0. The summed E-state index contributed by atoms with van der Waals surface area (Å²) in [6.45, 7) is 0. The summed E-state index contributed by atoms with van der Waals surface area (Å²) in [5, 5.41) is 8.63.